The summed E-state index contributed by atoms with van der Waals surface area (Å²) in [7, 11) is 0. The molecule has 0 aliphatic heterocycles. The minimum absolute atomic E-state index is 0.106. The van der Waals surface area contributed by atoms with E-state index in [4.69, 9.17) is 5.11 Å². The largest absolute Gasteiger partial charge is 0.480 e. The van der Waals surface area contributed by atoms with Crippen molar-refractivity contribution in [2.24, 2.45) is 0 Å². The van der Waals surface area contributed by atoms with Gasteiger partial charge in [0.05, 0.1) is 0 Å². The number of thiol groups is 2. The maximum Gasteiger partial charge on any atom is 0.327 e. The van der Waals surface area contributed by atoms with Crippen molar-refractivity contribution in [3.05, 3.63) is 0 Å². The molecule has 0 heterocycles. The van der Waals surface area contributed by atoms with Gasteiger partial charge in [-0.1, -0.05) is 25.2 Å². The highest BCUT2D eigenvalue weighted by molar-refractivity contribution is 7.80. The lowest BCUT2D eigenvalue weighted by Gasteiger charge is -2.08. The van der Waals surface area contributed by atoms with Crippen molar-refractivity contribution in [1.29, 1.82) is 0 Å². The summed E-state index contributed by atoms with van der Waals surface area (Å²) in [6.07, 6.45) is 0. The molecule has 0 aromatic carbocycles. The third kappa shape index (κ3) is 13.9. The summed E-state index contributed by atoms with van der Waals surface area (Å²) in [6, 6.07) is -0.874. The van der Waals surface area contributed by atoms with Gasteiger partial charge in [0.25, 0.3) is 0 Å². The lowest BCUT2D eigenvalue weighted by molar-refractivity contribution is -0.303. The molecule has 0 aromatic rings. The second kappa shape index (κ2) is 11.4. The Morgan fingerprint density at radius 1 is 1.56 bits per heavy atom. The number of carboxylic acids is 1. The van der Waals surface area contributed by atoms with Crippen molar-refractivity contribution in [3.8, 4) is 0 Å². The molecule has 1 amide bonds. The monoisotopic (exact) mass is 302 g/mol. The number of amides is 1. The predicted octanol–water partition coefficient (Wildman–Crippen LogP) is -0.373. The zero-order chi connectivity index (χ0) is 13.1. The molecule has 0 saturated heterocycles. The van der Waals surface area contributed by atoms with Crippen LogP contribution in [0.25, 0.3) is 0 Å². The van der Waals surface area contributed by atoms with Crippen molar-refractivity contribution >= 4 is 62.4 Å². The van der Waals surface area contributed by atoms with Gasteiger partial charge in [-0.3, -0.25) is 8.15 Å². The van der Waals surface area contributed by atoms with Crippen molar-refractivity contribution in [1.82, 2.24) is 5.32 Å². The van der Waals surface area contributed by atoms with E-state index in [-0.39, 0.29) is 11.7 Å². The highest BCUT2D eigenvalue weighted by Gasteiger charge is 2.15. The maximum absolute atomic E-state index is 10.3. The van der Waals surface area contributed by atoms with Crippen LogP contribution in [0.3, 0.4) is 0 Å². The molecule has 9 heteroatoms. The van der Waals surface area contributed by atoms with Crippen LogP contribution in [0.4, 0.5) is 0 Å². The lowest BCUT2D eigenvalue weighted by atomic mass is 10.3. The average Bonchev–Trinajstić information content (AvgIpc) is 2.14. The summed E-state index contributed by atoms with van der Waals surface area (Å²) in [5.74, 6) is -0.575. The van der Waals surface area contributed by atoms with Crippen LogP contribution in [0, 0.1) is 0 Å². The molecule has 0 aliphatic rings. The summed E-state index contributed by atoms with van der Waals surface area (Å²) >= 11 is 16.6. The summed E-state index contributed by atoms with van der Waals surface area (Å²) in [6.45, 7) is 1.97. The van der Waals surface area contributed by atoms with Crippen LogP contribution in [0.1, 0.15) is 6.92 Å². The minimum atomic E-state index is -1.06. The van der Waals surface area contributed by atoms with Gasteiger partial charge in [0, 0.05) is 18.4 Å². The summed E-state index contributed by atoms with van der Waals surface area (Å²) in [5, 5.41) is 10.6. The van der Waals surface area contributed by atoms with Crippen molar-refractivity contribution in [2.75, 3.05) is 18.1 Å². The molecule has 2 N–H and O–H groups in total. The third-order valence-corrected chi connectivity index (χ3v) is 2.07. The number of carboxylic acid groups (broad SMARTS) is 1. The predicted molar refractivity (Wildman–Crippen MR) is 72.8 cm³/mol. The molecule has 0 rings (SSSR count). The van der Waals surface area contributed by atoms with Gasteiger partial charge < -0.3 is 10.4 Å². The second-order valence-corrected chi connectivity index (χ2v) is 4.48. The number of carbonyl (C=O) groups excluding carboxylic acids is 1. The Labute approximate surface area is 117 Å². The van der Waals surface area contributed by atoms with E-state index in [9.17, 15) is 9.59 Å². The Hall–Kier alpha value is -0.120. The molecular formula is C7H14N2O3S4. The van der Waals surface area contributed by atoms with E-state index in [1.807, 2.05) is 0 Å². The highest BCUT2D eigenvalue weighted by atomic mass is 32.2. The van der Waals surface area contributed by atoms with Crippen molar-refractivity contribution in [2.45, 2.75) is 13.0 Å². The molecular weight excluding hydrogens is 288 g/mol. The van der Waals surface area contributed by atoms with Gasteiger partial charge in [0.1, 0.15) is 12.6 Å². The molecule has 0 spiro atoms. The van der Waals surface area contributed by atoms with Crippen LogP contribution in [0.2, 0.25) is 0 Å². The fourth-order valence-corrected chi connectivity index (χ4v) is 1.41. The zero-order valence-electron chi connectivity index (χ0n) is 8.62. The van der Waals surface area contributed by atoms with Crippen LogP contribution in [-0.4, -0.2) is 44.4 Å². The Morgan fingerprint density at radius 2 is 2.06 bits per heavy atom. The van der Waals surface area contributed by atoms with Gasteiger partial charge in [0.15, 0.2) is 0 Å². The number of nitrogens with zero attached hydrogens (tertiary/aromatic N) is 1. The Kier molecular flexibility index (Phi) is 13.0. The van der Waals surface area contributed by atoms with Crippen LogP contribution in [0.5, 0.6) is 0 Å². The van der Waals surface area contributed by atoms with E-state index in [2.05, 4.69) is 55.8 Å². The van der Waals surface area contributed by atoms with E-state index in [1.165, 1.54) is 10.3 Å². The Balaban J connectivity index is 0. The Bertz CT molecular complexity index is 250. The quantitative estimate of drug-likeness (QED) is 0.317. The van der Waals surface area contributed by atoms with Crippen LogP contribution < -0.4 is 5.32 Å². The first kappa shape index (κ1) is 18.3. The fraction of sp³-hybridized carbons (Fsp3) is 0.714. The van der Waals surface area contributed by atoms with E-state index >= 15 is 0 Å². The number of hydrogen-bond acceptors (Lipinski definition) is 6. The molecule has 94 valence electrons. The SMILES string of the molecule is CC(=O)N[C@@H](CS)C(=O)O.S=[N+]([S-])CCS. The lowest BCUT2D eigenvalue weighted by Crippen LogP contribution is -2.40. The Morgan fingerprint density at radius 3 is 2.12 bits per heavy atom. The third-order valence-electron chi connectivity index (χ3n) is 1.14. The summed E-state index contributed by atoms with van der Waals surface area (Å²) < 4.78 is 1.27. The van der Waals surface area contributed by atoms with E-state index in [0.29, 0.717) is 6.54 Å². The zero-order valence-corrected chi connectivity index (χ0v) is 12.0. The van der Waals surface area contributed by atoms with E-state index < -0.39 is 12.0 Å². The molecule has 0 fully saturated rings. The highest BCUT2D eigenvalue weighted by Crippen LogP contribution is 1.86. The molecule has 16 heavy (non-hydrogen) atoms. The van der Waals surface area contributed by atoms with Crippen LogP contribution in [-0.2, 0) is 34.8 Å². The number of rotatable bonds is 5. The van der Waals surface area contributed by atoms with Gasteiger partial charge in [-0.2, -0.15) is 25.3 Å². The van der Waals surface area contributed by atoms with Crippen molar-refractivity contribution < 1.29 is 18.0 Å². The molecule has 5 nitrogen and oxygen atoms in total. The first-order chi connectivity index (χ1) is 7.34. The molecule has 0 unspecified atom stereocenters. The number of aliphatic carboxylic acids is 1. The molecule has 0 radical (unpaired) electrons. The topological polar surface area (TPSA) is 69.4 Å². The molecule has 0 aliphatic carbocycles. The van der Waals surface area contributed by atoms with Gasteiger partial charge in [-0.15, -0.1) is 0 Å². The fourth-order valence-electron chi connectivity index (χ4n) is 0.512. The average molecular weight is 302 g/mol. The van der Waals surface area contributed by atoms with Crippen LogP contribution >= 0.6 is 25.3 Å². The summed E-state index contributed by atoms with van der Waals surface area (Å²) in [5.41, 5.74) is 0. The van der Waals surface area contributed by atoms with Crippen LogP contribution in [0.15, 0.2) is 0 Å². The normalized spacial score (nSPS) is 10.7. The minimum Gasteiger partial charge on any atom is -0.480 e. The van der Waals surface area contributed by atoms with Gasteiger partial charge in [-0.05, 0) is 0 Å². The maximum atomic E-state index is 10.3. The van der Waals surface area contributed by atoms with Gasteiger partial charge >= 0.3 is 5.97 Å². The summed E-state index contributed by atoms with van der Waals surface area (Å²) in [4.78, 5) is 20.5. The van der Waals surface area contributed by atoms with E-state index in [0.717, 1.165) is 5.75 Å². The number of nitrogens with one attached hydrogen (secondary N) is 1. The standard InChI is InChI=1S/C5H9NO3S.C2H5NS3/c1-3(7)6-4(2-10)5(8)9;4-2-1-3(5)6/h4,10H,2H2,1H3,(H,6,7)(H,8,9);4H,1-2H2/t4-;/m0./s1. The number of carbonyl (C=O) groups is 2. The number of hydrogen-bond donors (Lipinski definition) is 4. The van der Waals surface area contributed by atoms with E-state index in [1.54, 1.807) is 0 Å². The molecule has 0 saturated carbocycles. The first-order valence-electron chi connectivity index (χ1n) is 4.18. The molecule has 1 atom stereocenters. The molecule has 0 aromatic heterocycles. The molecule has 0 bridgehead atoms. The van der Waals surface area contributed by atoms with Gasteiger partial charge in [-0.25, -0.2) is 4.79 Å². The van der Waals surface area contributed by atoms with Gasteiger partial charge in [0.2, 0.25) is 5.91 Å². The smallest absolute Gasteiger partial charge is 0.327 e. The first-order valence-corrected chi connectivity index (χ1v) is 6.18. The second-order valence-electron chi connectivity index (χ2n) is 2.55. The van der Waals surface area contributed by atoms with Crippen molar-refractivity contribution in [3.63, 3.8) is 0 Å².